The van der Waals surface area contributed by atoms with E-state index in [0.717, 1.165) is 48.8 Å². The second-order valence-electron chi connectivity index (χ2n) is 7.98. The number of hydrogen-bond donors (Lipinski definition) is 1. The SMILES string of the molecule is Cc1ncc(-c2nc(Nc3ccc(S(=O)N4CCC4)cc3)ncc2F)n1C1CCOCC1. The summed E-state index contributed by atoms with van der Waals surface area (Å²) in [6.45, 7) is 5.01. The molecule has 10 heteroatoms. The van der Waals surface area contributed by atoms with Gasteiger partial charge in [0.1, 0.15) is 22.5 Å². The summed E-state index contributed by atoms with van der Waals surface area (Å²) in [7, 11) is -1.12. The fourth-order valence-electron chi connectivity index (χ4n) is 4.03. The zero-order valence-electron chi connectivity index (χ0n) is 17.8. The quantitative estimate of drug-likeness (QED) is 0.610. The Labute approximate surface area is 188 Å². The number of anilines is 2. The summed E-state index contributed by atoms with van der Waals surface area (Å²) in [6.07, 6.45) is 5.64. The van der Waals surface area contributed by atoms with E-state index in [9.17, 15) is 8.60 Å². The lowest BCUT2D eigenvalue weighted by molar-refractivity contribution is 0.0694. The molecule has 2 aliphatic rings. The molecule has 2 fully saturated rings. The molecular formula is C22H25FN6O2S. The molecule has 0 radical (unpaired) electrons. The third-order valence-corrected chi connectivity index (χ3v) is 7.40. The average Bonchev–Trinajstić information content (AvgIpc) is 3.16. The molecule has 1 atom stereocenters. The Bertz CT molecular complexity index is 1130. The lowest BCUT2D eigenvalue weighted by Gasteiger charge is -2.28. The largest absolute Gasteiger partial charge is 0.381 e. The van der Waals surface area contributed by atoms with E-state index in [1.165, 1.54) is 6.20 Å². The van der Waals surface area contributed by atoms with Gasteiger partial charge in [0.25, 0.3) is 0 Å². The molecule has 0 amide bonds. The number of aryl methyl sites for hydroxylation is 1. The zero-order chi connectivity index (χ0) is 22.1. The van der Waals surface area contributed by atoms with Gasteiger partial charge in [-0.3, -0.25) is 0 Å². The Hall–Kier alpha value is -2.69. The molecule has 0 spiro atoms. The predicted octanol–water partition coefficient (Wildman–Crippen LogP) is 3.61. The van der Waals surface area contributed by atoms with Gasteiger partial charge < -0.3 is 14.6 Å². The summed E-state index contributed by atoms with van der Waals surface area (Å²) >= 11 is 0. The number of aromatic nitrogens is 4. The third-order valence-electron chi connectivity index (χ3n) is 5.89. The maximum absolute atomic E-state index is 14.8. The Morgan fingerprint density at radius 2 is 1.88 bits per heavy atom. The van der Waals surface area contributed by atoms with Gasteiger partial charge in [0.05, 0.1) is 23.0 Å². The summed E-state index contributed by atoms with van der Waals surface area (Å²) < 4.78 is 36.6. The van der Waals surface area contributed by atoms with Crippen LogP contribution in [0.4, 0.5) is 16.0 Å². The first kappa shape index (κ1) is 21.2. The fourth-order valence-corrected chi connectivity index (χ4v) is 5.28. The van der Waals surface area contributed by atoms with Crippen LogP contribution in [0.2, 0.25) is 0 Å². The highest BCUT2D eigenvalue weighted by atomic mass is 32.2. The maximum Gasteiger partial charge on any atom is 0.227 e. The van der Waals surface area contributed by atoms with Gasteiger partial charge in [-0.15, -0.1) is 0 Å². The topological polar surface area (TPSA) is 85.2 Å². The van der Waals surface area contributed by atoms with Crippen LogP contribution in [0.1, 0.15) is 31.1 Å². The Morgan fingerprint density at radius 3 is 2.56 bits per heavy atom. The minimum absolute atomic E-state index is 0.201. The van der Waals surface area contributed by atoms with E-state index in [-0.39, 0.29) is 17.7 Å². The lowest BCUT2D eigenvalue weighted by atomic mass is 10.1. The van der Waals surface area contributed by atoms with Crippen molar-refractivity contribution in [2.45, 2.75) is 37.1 Å². The molecule has 168 valence electrons. The molecule has 0 saturated carbocycles. The Morgan fingerprint density at radius 1 is 1.12 bits per heavy atom. The molecular weight excluding hydrogens is 431 g/mol. The normalized spacial score (nSPS) is 18.3. The molecule has 4 heterocycles. The van der Waals surface area contributed by atoms with Crippen molar-refractivity contribution >= 4 is 22.6 Å². The second-order valence-corrected chi connectivity index (χ2v) is 9.46. The number of halogens is 1. The summed E-state index contributed by atoms with van der Waals surface area (Å²) in [5, 5.41) is 3.12. The zero-order valence-corrected chi connectivity index (χ0v) is 18.6. The first-order chi connectivity index (χ1) is 15.6. The van der Waals surface area contributed by atoms with Crippen LogP contribution in [-0.4, -0.2) is 54.3 Å². The van der Waals surface area contributed by atoms with Crippen molar-refractivity contribution in [2.75, 3.05) is 31.6 Å². The van der Waals surface area contributed by atoms with Gasteiger partial charge in [-0.05, 0) is 50.5 Å². The summed E-state index contributed by atoms with van der Waals surface area (Å²) in [6, 6.07) is 7.51. The van der Waals surface area contributed by atoms with Gasteiger partial charge in [-0.1, -0.05) is 0 Å². The Balaban J connectivity index is 1.38. The van der Waals surface area contributed by atoms with E-state index in [4.69, 9.17) is 4.74 Å². The molecule has 5 rings (SSSR count). The minimum Gasteiger partial charge on any atom is -0.381 e. The highest BCUT2D eigenvalue weighted by Gasteiger charge is 2.24. The number of hydrogen-bond acceptors (Lipinski definition) is 6. The van der Waals surface area contributed by atoms with Crippen molar-refractivity contribution in [3.8, 4) is 11.4 Å². The van der Waals surface area contributed by atoms with Crippen molar-refractivity contribution in [3.05, 3.63) is 48.3 Å². The van der Waals surface area contributed by atoms with Crippen molar-refractivity contribution in [3.63, 3.8) is 0 Å². The van der Waals surface area contributed by atoms with Crippen LogP contribution < -0.4 is 5.32 Å². The van der Waals surface area contributed by atoms with Gasteiger partial charge >= 0.3 is 0 Å². The van der Waals surface area contributed by atoms with E-state index in [1.54, 1.807) is 6.20 Å². The molecule has 2 saturated heterocycles. The number of nitrogens with zero attached hydrogens (tertiary/aromatic N) is 5. The monoisotopic (exact) mass is 456 g/mol. The van der Waals surface area contributed by atoms with E-state index in [2.05, 4.69) is 24.8 Å². The van der Waals surface area contributed by atoms with Gasteiger partial charge in [0.2, 0.25) is 5.95 Å². The molecule has 32 heavy (non-hydrogen) atoms. The summed E-state index contributed by atoms with van der Waals surface area (Å²) in [5.41, 5.74) is 1.59. The number of benzene rings is 1. The van der Waals surface area contributed by atoms with Gasteiger partial charge in [-0.2, -0.15) is 0 Å². The fraction of sp³-hybridized carbons (Fsp3) is 0.409. The first-order valence-corrected chi connectivity index (χ1v) is 11.9. The van der Waals surface area contributed by atoms with Crippen LogP contribution in [0.15, 0.2) is 41.6 Å². The van der Waals surface area contributed by atoms with Crippen LogP contribution in [0.3, 0.4) is 0 Å². The highest BCUT2D eigenvalue weighted by molar-refractivity contribution is 7.82. The van der Waals surface area contributed by atoms with Crippen molar-refractivity contribution in [1.82, 2.24) is 23.8 Å². The van der Waals surface area contributed by atoms with Crippen LogP contribution in [-0.2, 0) is 15.7 Å². The smallest absolute Gasteiger partial charge is 0.227 e. The van der Waals surface area contributed by atoms with E-state index < -0.39 is 16.8 Å². The molecule has 2 aliphatic heterocycles. The van der Waals surface area contributed by atoms with Crippen LogP contribution in [0, 0.1) is 12.7 Å². The molecule has 0 aliphatic carbocycles. The summed E-state index contributed by atoms with van der Waals surface area (Å²) in [4.78, 5) is 13.7. The van der Waals surface area contributed by atoms with E-state index >= 15 is 0 Å². The molecule has 1 N–H and O–H groups in total. The van der Waals surface area contributed by atoms with Crippen molar-refractivity contribution in [2.24, 2.45) is 0 Å². The molecule has 2 aromatic heterocycles. The minimum atomic E-state index is -1.12. The number of nitrogens with one attached hydrogen (secondary N) is 1. The number of ether oxygens (including phenoxy) is 1. The van der Waals surface area contributed by atoms with Crippen LogP contribution in [0.5, 0.6) is 0 Å². The van der Waals surface area contributed by atoms with Crippen molar-refractivity contribution in [1.29, 1.82) is 0 Å². The predicted molar refractivity (Wildman–Crippen MR) is 119 cm³/mol. The van der Waals surface area contributed by atoms with Crippen LogP contribution in [0.25, 0.3) is 11.4 Å². The molecule has 8 nitrogen and oxygen atoms in total. The maximum atomic E-state index is 14.8. The number of rotatable bonds is 6. The molecule has 1 unspecified atom stereocenters. The third kappa shape index (κ3) is 4.17. The molecule has 3 aromatic rings. The van der Waals surface area contributed by atoms with Gasteiger partial charge in [-0.25, -0.2) is 27.9 Å². The lowest BCUT2D eigenvalue weighted by Crippen LogP contribution is -2.38. The van der Waals surface area contributed by atoms with Gasteiger partial charge in [0.15, 0.2) is 5.82 Å². The molecule has 1 aromatic carbocycles. The molecule has 0 bridgehead atoms. The second kappa shape index (κ2) is 9.05. The van der Waals surface area contributed by atoms with Gasteiger partial charge in [0, 0.05) is 38.0 Å². The first-order valence-electron chi connectivity index (χ1n) is 10.8. The Kier molecular flexibility index (Phi) is 5.99. The number of imidazole rings is 1. The highest BCUT2D eigenvalue weighted by Crippen LogP contribution is 2.31. The standard InChI is InChI=1S/C22H25FN6O2S/c1-15-24-14-20(29(15)17-7-11-31-12-8-17)21-19(23)13-25-22(27-21)26-16-3-5-18(6-4-16)32(30)28-9-2-10-28/h3-6,13-14,17H,2,7-12H2,1H3,(H,25,26,27). The summed E-state index contributed by atoms with van der Waals surface area (Å²) in [5.74, 6) is 0.615. The van der Waals surface area contributed by atoms with Crippen LogP contribution >= 0.6 is 0 Å². The van der Waals surface area contributed by atoms with Crippen molar-refractivity contribution < 1.29 is 13.3 Å². The average molecular weight is 457 g/mol. The van der Waals surface area contributed by atoms with E-state index in [0.29, 0.717) is 18.9 Å². The van der Waals surface area contributed by atoms with E-state index in [1.807, 2.05) is 35.5 Å².